The molecule has 0 aliphatic heterocycles. The summed E-state index contributed by atoms with van der Waals surface area (Å²) in [6, 6.07) is 77.9. The summed E-state index contributed by atoms with van der Waals surface area (Å²) >= 11 is 0. The van der Waals surface area contributed by atoms with E-state index < -0.39 is 5.41 Å². The van der Waals surface area contributed by atoms with Crippen LogP contribution >= 0.6 is 0 Å². The van der Waals surface area contributed by atoms with Crippen LogP contribution < -0.4 is 4.90 Å². The molecule has 0 bridgehead atoms. The quantitative estimate of drug-likeness (QED) is 0.168. The van der Waals surface area contributed by atoms with E-state index in [9.17, 15) is 0 Å². The lowest BCUT2D eigenvalue weighted by molar-refractivity contribution is 0.661. The van der Waals surface area contributed by atoms with Gasteiger partial charge in [-0.15, -0.1) is 0 Å². The zero-order valence-electron chi connectivity index (χ0n) is 33.6. The van der Waals surface area contributed by atoms with Crippen LogP contribution in [0.1, 0.15) is 47.2 Å². The maximum Gasteiger partial charge on any atom is 0.143 e. The van der Waals surface area contributed by atoms with Crippen LogP contribution in [0.2, 0.25) is 0 Å². The molecule has 2 aliphatic rings. The highest BCUT2D eigenvalue weighted by Gasteiger charge is 2.46. The van der Waals surface area contributed by atoms with Crippen molar-refractivity contribution in [2.24, 2.45) is 0 Å². The molecule has 9 aromatic carbocycles. The van der Waals surface area contributed by atoms with Crippen molar-refractivity contribution >= 4 is 39.0 Å². The highest BCUT2D eigenvalue weighted by Crippen LogP contribution is 2.58. The number of hydrogen-bond donors (Lipinski definition) is 0. The van der Waals surface area contributed by atoms with Crippen molar-refractivity contribution in [3.05, 3.63) is 246 Å². The molecule has 2 heteroatoms. The van der Waals surface area contributed by atoms with Crippen LogP contribution in [0.4, 0.5) is 17.1 Å². The molecular weight excluding hydrogens is 727 g/mol. The zero-order valence-corrected chi connectivity index (χ0v) is 33.6. The van der Waals surface area contributed by atoms with E-state index in [1.54, 1.807) is 0 Å². The SMILES string of the molecule is CC1(C)c2ccccc2-c2cccc(N(c3ccc(-c4cccc5c4oc4ccccc45)cc3)c3ccc4c(c3)-c3ccccc3C4(c3ccccc3)c3ccccc3)c21. The van der Waals surface area contributed by atoms with E-state index in [0.717, 1.165) is 44.4 Å². The molecule has 10 aromatic rings. The molecule has 2 aliphatic carbocycles. The van der Waals surface area contributed by atoms with E-state index in [4.69, 9.17) is 4.42 Å². The van der Waals surface area contributed by atoms with Gasteiger partial charge >= 0.3 is 0 Å². The molecule has 0 fully saturated rings. The van der Waals surface area contributed by atoms with Gasteiger partial charge in [-0.1, -0.05) is 190 Å². The van der Waals surface area contributed by atoms with Gasteiger partial charge in [-0.25, -0.2) is 0 Å². The molecule has 0 saturated heterocycles. The Balaban J connectivity index is 1.08. The van der Waals surface area contributed by atoms with Gasteiger partial charge in [0, 0.05) is 33.1 Å². The number of rotatable bonds is 6. The molecule has 2 nitrogen and oxygen atoms in total. The monoisotopic (exact) mass is 767 g/mol. The Morgan fingerprint density at radius 1 is 0.400 bits per heavy atom. The van der Waals surface area contributed by atoms with Crippen LogP contribution in [-0.4, -0.2) is 0 Å². The molecule has 1 heterocycles. The number of hydrogen-bond acceptors (Lipinski definition) is 2. The van der Waals surface area contributed by atoms with E-state index in [-0.39, 0.29) is 5.41 Å². The van der Waals surface area contributed by atoms with Gasteiger partial charge in [0.15, 0.2) is 0 Å². The third-order valence-electron chi connectivity index (χ3n) is 13.3. The van der Waals surface area contributed by atoms with Crippen molar-refractivity contribution in [1.29, 1.82) is 0 Å². The first-order valence-electron chi connectivity index (χ1n) is 20.9. The first-order valence-corrected chi connectivity index (χ1v) is 20.9. The van der Waals surface area contributed by atoms with Crippen molar-refractivity contribution < 1.29 is 4.42 Å². The first kappa shape index (κ1) is 34.6. The predicted molar refractivity (Wildman–Crippen MR) is 249 cm³/mol. The smallest absolute Gasteiger partial charge is 0.143 e. The lowest BCUT2D eigenvalue weighted by Gasteiger charge is -2.35. The Labute approximate surface area is 350 Å². The fraction of sp³-hybridized carbons (Fsp3) is 0.0690. The maximum atomic E-state index is 6.50. The Bertz CT molecular complexity index is 3240. The molecule has 0 amide bonds. The number of nitrogens with zero attached hydrogens (tertiary/aromatic N) is 1. The molecular formula is C58H41NO. The Kier molecular flexibility index (Phi) is 7.52. The predicted octanol–water partition coefficient (Wildman–Crippen LogP) is 15.4. The Hall–Kier alpha value is -7.42. The lowest BCUT2D eigenvalue weighted by Crippen LogP contribution is -2.28. The second-order valence-corrected chi connectivity index (χ2v) is 16.8. The summed E-state index contributed by atoms with van der Waals surface area (Å²) < 4.78 is 6.50. The summed E-state index contributed by atoms with van der Waals surface area (Å²) in [4.78, 5) is 2.49. The molecule has 0 radical (unpaired) electrons. The summed E-state index contributed by atoms with van der Waals surface area (Å²) in [6.45, 7) is 4.76. The van der Waals surface area contributed by atoms with Gasteiger partial charge in [0.05, 0.1) is 11.1 Å². The van der Waals surface area contributed by atoms with Crippen LogP contribution in [0.25, 0.3) is 55.3 Å². The van der Waals surface area contributed by atoms with Crippen LogP contribution in [0, 0.1) is 0 Å². The topological polar surface area (TPSA) is 16.4 Å². The fourth-order valence-corrected chi connectivity index (χ4v) is 10.8. The second kappa shape index (κ2) is 13.0. The molecule has 284 valence electrons. The lowest BCUT2D eigenvalue weighted by atomic mass is 9.68. The third kappa shape index (κ3) is 4.82. The van der Waals surface area contributed by atoms with Gasteiger partial charge in [0.1, 0.15) is 11.2 Å². The van der Waals surface area contributed by atoms with Crippen LogP contribution in [-0.2, 0) is 10.8 Å². The summed E-state index contributed by atoms with van der Waals surface area (Å²) in [6.07, 6.45) is 0. The van der Waals surface area contributed by atoms with Crippen molar-refractivity contribution in [3.63, 3.8) is 0 Å². The zero-order chi connectivity index (χ0) is 40.0. The molecule has 0 saturated carbocycles. The average Bonchev–Trinajstić information content (AvgIpc) is 3.92. The summed E-state index contributed by atoms with van der Waals surface area (Å²) in [7, 11) is 0. The molecule has 0 unspecified atom stereocenters. The van der Waals surface area contributed by atoms with Crippen LogP contribution in [0.3, 0.4) is 0 Å². The van der Waals surface area contributed by atoms with Gasteiger partial charge in [0.25, 0.3) is 0 Å². The highest BCUT2D eigenvalue weighted by atomic mass is 16.3. The number of fused-ring (bicyclic) bond motifs is 9. The largest absolute Gasteiger partial charge is 0.455 e. The summed E-state index contributed by atoms with van der Waals surface area (Å²) in [5, 5.41) is 2.27. The molecule has 1 aromatic heterocycles. The minimum Gasteiger partial charge on any atom is -0.455 e. The minimum atomic E-state index is -0.464. The van der Waals surface area contributed by atoms with Crippen molar-refractivity contribution in [2.45, 2.75) is 24.7 Å². The normalized spacial score (nSPS) is 14.1. The van der Waals surface area contributed by atoms with Gasteiger partial charge < -0.3 is 9.32 Å². The standard InChI is InChI=1S/C58H41NO/c1-57(2)50-27-12-9-21-44(50)47-25-16-29-53(55(47)57)59(41-33-31-38(32-34-41)43-24-15-26-48-46-23-11-14-30-54(46)60-56(43)48)42-35-36-52-49(37-42)45-22-10-13-28-51(45)58(52,39-17-5-3-6-18-39)40-19-7-4-8-20-40/h3-37H,1-2H3. The fourth-order valence-electron chi connectivity index (χ4n) is 10.8. The van der Waals surface area contributed by atoms with Crippen LogP contribution in [0.15, 0.2) is 217 Å². The van der Waals surface area contributed by atoms with Crippen LogP contribution in [0.5, 0.6) is 0 Å². The number of furan rings is 1. The third-order valence-corrected chi connectivity index (χ3v) is 13.3. The van der Waals surface area contributed by atoms with E-state index in [0.29, 0.717) is 0 Å². The Morgan fingerprint density at radius 3 is 1.70 bits per heavy atom. The number of para-hydroxylation sites is 2. The first-order chi connectivity index (χ1) is 29.5. The average molecular weight is 768 g/mol. The van der Waals surface area contributed by atoms with E-state index in [2.05, 4.69) is 225 Å². The maximum absolute atomic E-state index is 6.50. The van der Waals surface area contributed by atoms with E-state index in [1.165, 1.54) is 61.3 Å². The van der Waals surface area contributed by atoms with E-state index >= 15 is 0 Å². The minimum absolute atomic E-state index is 0.212. The van der Waals surface area contributed by atoms with Gasteiger partial charge in [0.2, 0.25) is 0 Å². The van der Waals surface area contributed by atoms with Crippen molar-refractivity contribution in [3.8, 4) is 33.4 Å². The highest BCUT2D eigenvalue weighted by molar-refractivity contribution is 6.09. The molecule has 12 rings (SSSR count). The van der Waals surface area contributed by atoms with Gasteiger partial charge in [-0.3, -0.25) is 0 Å². The van der Waals surface area contributed by atoms with Gasteiger partial charge in [-0.2, -0.15) is 0 Å². The van der Waals surface area contributed by atoms with Gasteiger partial charge in [-0.05, 0) is 97.6 Å². The number of benzene rings is 9. The van der Waals surface area contributed by atoms with Crippen molar-refractivity contribution in [1.82, 2.24) is 0 Å². The summed E-state index contributed by atoms with van der Waals surface area (Å²) in [5.74, 6) is 0. The second-order valence-electron chi connectivity index (χ2n) is 16.8. The Morgan fingerprint density at radius 2 is 0.950 bits per heavy atom. The molecule has 60 heavy (non-hydrogen) atoms. The van der Waals surface area contributed by atoms with Crippen molar-refractivity contribution in [2.75, 3.05) is 4.90 Å². The molecule has 0 spiro atoms. The summed E-state index contributed by atoms with van der Waals surface area (Å²) in [5.41, 5.74) is 19.7. The number of anilines is 3. The molecule has 0 atom stereocenters. The molecule has 0 N–H and O–H groups in total. The van der Waals surface area contributed by atoms with E-state index in [1.807, 2.05) is 6.07 Å².